The van der Waals surface area contributed by atoms with Crippen LogP contribution in [0, 0.1) is 0 Å². The Morgan fingerprint density at radius 3 is 2.85 bits per heavy atom. The van der Waals surface area contributed by atoms with Gasteiger partial charge in [-0.2, -0.15) is 4.98 Å². The van der Waals surface area contributed by atoms with E-state index in [1.165, 1.54) is 0 Å². The van der Waals surface area contributed by atoms with Crippen molar-refractivity contribution in [2.45, 2.75) is 18.9 Å². The number of hydrogen-bond donors (Lipinski definition) is 1. The zero-order valence-corrected chi connectivity index (χ0v) is 19.8. The summed E-state index contributed by atoms with van der Waals surface area (Å²) in [4.78, 5) is 24.0. The summed E-state index contributed by atoms with van der Waals surface area (Å²) < 4.78 is 8.01. The molecule has 2 aromatic heterocycles. The molecule has 1 saturated heterocycles. The van der Waals surface area contributed by atoms with Crippen LogP contribution in [-0.2, 0) is 11.2 Å². The van der Waals surface area contributed by atoms with Crippen LogP contribution in [0.5, 0.6) is 0 Å². The van der Waals surface area contributed by atoms with E-state index in [1.807, 2.05) is 64.9 Å². The van der Waals surface area contributed by atoms with Crippen molar-refractivity contribution in [2.75, 3.05) is 25.2 Å². The first-order chi connectivity index (χ1) is 16.1. The molecule has 1 unspecified atom stereocenters. The van der Waals surface area contributed by atoms with Crippen molar-refractivity contribution < 1.29 is 9.21 Å². The van der Waals surface area contributed by atoms with Gasteiger partial charge in [0.2, 0.25) is 5.91 Å². The molecule has 1 aliphatic heterocycles. The SMILES string of the molecule is CN1CSCC1CNC(=O)CCc1oc(-n2cnc3ccccc32)nc1-c1ccc(Cl)cc1. The molecule has 0 bridgehead atoms. The Kier molecular flexibility index (Phi) is 6.39. The number of amides is 1. The van der Waals surface area contributed by atoms with Gasteiger partial charge in [-0.15, -0.1) is 11.8 Å². The summed E-state index contributed by atoms with van der Waals surface area (Å²) in [5.41, 5.74) is 3.36. The van der Waals surface area contributed by atoms with Crippen LogP contribution in [0.4, 0.5) is 0 Å². The van der Waals surface area contributed by atoms with Crippen LogP contribution in [0.1, 0.15) is 12.2 Å². The number of aryl methyl sites for hydroxylation is 1. The van der Waals surface area contributed by atoms with Gasteiger partial charge in [0, 0.05) is 47.6 Å². The highest BCUT2D eigenvalue weighted by Crippen LogP contribution is 2.29. The molecule has 170 valence electrons. The fraction of sp³-hybridized carbons (Fsp3) is 0.292. The molecule has 9 heteroatoms. The molecule has 0 radical (unpaired) electrons. The highest BCUT2D eigenvalue weighted by atomic mass is 35.5. The minimum atomic E-state index is 0.00777. The van der Waals surface area contributed by atoms with E-state index in [2.05, 4.69) is 22.2 Å². The number of oxazole rings is 1. The van der Waals surface area contributed by atoms with Crippen LogP contribution in [0.15, 0.2) is 59.3 Å². The van der Waals surface area contributed by atoms with Gasteiger partial charge >= 0.3 is 6.01 Å². The second kappa shape index (κ2) is 9.59. The van der Waals surface area contributed by atoms with Crippen LogP contribution in [0.3, 0.4) is 0 Å². The Bertz CT molecular complexity index is 1270. The molecule has 0 saturated carbocycles. The number of benzene rings is 2. The Hall–Kier alpha value is -2.81. The van der Waals surface area contributed by atoms with Crippen molar-refractivity contribution in [1.29, 1.82) is 0 Å². The van der Waals surface area contributed by atoms with Crippen molar-refractivity contribution in [3.8, 4) is 17.3 Å². The number of rotatable bonds is 7. The summed E-state index contributed by atoms with van der Waals surface area (Å²) in [6.45, 7) is 0.662. The van der Waals surface area contributed by atoms with Crippen LogP contribution >= 0.6 is 23.4 Å². The number of hydrogen-bond acceptors (Lipinski definition) is 6. The largest absolute Gasteiger partial charge is 0.427 e. The Morgan fingerprint density at radius 1 is 1.24 bits per heavy atom. The number of aromatic nitrogens is 3. The topological polar surface area (TPSA) is 76.2 Å². The van der Waals surface area contributed by atoms with E-state index in [1.54, 1.807) is 6.33 Å². The Labute approximate surface area is 201 Å². The molecule has 4 aromatic rings. The average molecular weight is 482 g/mol. The standard InChI is InChI=1S/C24H24ClN5O2S/c1-29-15-33-13-18(29)12-26-22(31)11-10-21-23(16-6-8-17(25)9-7-16)28-24(32-21)30-14-27-19-4-2-3-5-20(19)30/h2-9,14,18H,10-13,15H2,1H3,(H,26,31). The number of imidazole rings is 1. The summed E-state index contributed by atoms with van der Waals surface area (Å²) >= 11 is 7.97. The van der Waals surface area contributed by atoms with Crippen LogP contribution in [0.25, 0.3) is 28.3 Å². The van der Waals surface area contributed by atoms with Crippen LogP contribution in [-0.4, -0.2) is 56.6 Å². The van der Waals surface area contributed by atoms with E-state index < -0.39 is 0 Å². The highest BCUT2D eigenvalue weighted by Gasteiger charge is 2.22. The molecule has 1 fully saturated rings. The summed E-state index contributed by atoms with van der Waals surface area (Å²) in [5, 5.41) is 3.71. The second-order valence-electron chi connectivity index (χ2n) is 8.09. The molecule has 33 heavy (non-hydrogen) atoms. The van der Waals surface area contributed by atoms with Crippen molar-refractivity contribution in [3.05, 3.63) is 65.6 Å². The Balaban J connectivity index is 1.38. The monoisotopic (exact) mass is 481 g/mol. The van der Waals surface area contributed by atoms with Crippen LogP contribution in [0.2, 0.25) is 5.02 Å². The van der Waals surface area contributed by atoms with Gasteiger partial charge in [-0.25, -0.2) is 4.98 Å². The lowest BCUT2D eigenvalue weighted by atomic mass is 10.1. The van der Waals surface area contributed by atoms with E-state index in [0.29, 0.717) is 47.9 Å². The first-order valence-electron chi connectivity index (χ1n) is 10.8. The maximum atomic E-state index is 12.6. The van der Waals surface area contributed by atoms with Crippen molar-refractivity contribution >= 4 is 40.3 Å². The summed E-state index contributed by atoms with van der Waals surface area (Å²) in [6.07, 6.45) is 2.47. The number of nitrogens with zero attached hydrogens (tertiary/aromatic N) is 4. The maximum Gasteiger partial charge on any atom is 0.308 e. The van der Waals surface area contributed by atoms with Gasteiger partial charge in [0.25, 0.3) is 0 Å². The molecule has 5 rings (SSSR count). The maximum absolute atomic E-state index is 12.6. The first kappa shape index (κ1) is 22.0. The fourth-order valence-electron chi connectivity index (χ4n) is 3.88. The Morgan fingerprint density at radius 2 is 2.06 bits per heavy atom. The van der Waals surface area contributed by atoms with E-state index in [9.17, 15) is 4.79 Å². The third-order valence-electron chi connectivity index (χ3n) is 5.81. The third kappa shape index (κ3) is 4.78. The lowest BCUT2D eigenvalue weighted by molar-refractivity contribution is -0.121. The predicted octanol–water partition coefficient (Wildman–Crippen LogP) is 4.39. The molecule has 1 amide bonds. The first-order valence-corrected chi connectivity index (χ1v) is 12.3. The summed E-state index contributed by atoms with van der Waals surface area (Å²) in [5.74, 6) is 2.72. The molecule has 0 spiro atoms. The quantitative estimate of drug-likeness (QED) is 0.422. The highest BCUT2D eigenvalue weighted by molar-refractivity contribution is 7.99. The normalized spacial score (nSPS) is 16.5. The second-order valence-corrected chi connectivity index (χ2v) is 9.53. The zero-order chi connectivity index (χ0) is 22.8. The lowest BCUT2D eigenvalue weighted by Crippen LogP contribution is -2.39. The van der Waals surface area contributed by atoms with Gasteiger partial charge < -0.3 is 9.73 Å². The van der Waals surface area contributed by atoms with Crippen molar-refractivity contribution in [1.82, 2.24) is 24.8 Å². The van der Waals surface area contributed by atoms with E-state index in [4.69, 9.17) is 21.0 Å². The van der Waals surface area contributed by atoms with Gasteiger partial charge in [0.1, 0.15) is 17.8 Å². The summed E-state index contributed by atoms with van der Waals surface area (Å²) in [7, 11) is 2.09. The minimum Gasteiger partial charge on any atom is -0.427 e. The number of nitrogens with one attached hydrogen (secondary N) is 1. The number of fused-ring (bicyclic) bond motifs is 1. The predicted molar refractivity (Wildman–Crippen MR) is 132 cm³/mol. The molecule has 2 aromatic carbocycles. The van der Waals surface area contributed by atoms with E-state index >= 15 is 0 Å². The number of thioether (sulfide) groups is 1. The van der Waals surface area contributed by atoms with Gasteiger partial charge in [-0.05, 0) is 31.3 Å². The third-order valence-corrected chi connectivity index (χ3v) is 7.27. The molecule has 1 N–H and O–H groups in total. The van der Waals surface area contributed by atoms with Crippen molar-refractivity contribution in [2.24, 2.45) is 0 Å². The van der Waals surface area contributed by atoms with Gasteiger partial charge in [0.15, 0.2) is 0 Å². The molecule has 3 heterocycles. The number of para-hydroxylation sites is 2. The fourth-order valence-corrected chi connectivity index (χ4v) is 5.26. The van der Waals surface area contributed by atoms with Gasteiger partial charge in [-0.3, -0.25) is 14.3 Å². The van der Waals surface area contributed by atoms with Gasteiger partial charge in [-0.1, -0.05) is 35.9 Å². The van der Waals surface area contributed by atoms with E-state index in [0.717, 1.165) is 28.2 Å². The molecular weight excluding hydrogens is 458 g/mol. The number of likely N-dealkylation sites (N-methyl/N-ethyl adjacent to an activating group) is 1. The van der Waals surface area contributed by atoms with Crippen LogP contribution < -0.4 is 5.32 Å². The number of carbonyl (C=O) groups is 1. The summed E-state index contributed by atoms with van der Waals surface area (Å²) in [6, 6.07) is 16.1. The minimum absolute atomic E-state index is 0.00777. The van der Waals surface area contributed by atoms with Gasteiger partial charge in [0.05, 0.1) is 11.0 Å². The number of halogens is 1. The molecule has 1 aliphatic rings. The molecule has 7 nitrogen and oxygen atoms in total. The number of carbonyl (C=O) groups excluding carboxylic acids is 1. The van der Waals surface area contributed by atoms with E-state index in [-0.39, 0.29) is 5.91 Å². The molecule has 0 aliphatic carbocycles. The van der Waals surface area contributed by atoms with Crippen molar-refractivity contribution in [3.63, 3.8) is 0 Å². The lowest BCUT2D eigenvalue weighted by Gasteiger charge is -2.18. The smallest absolute Gasteiger partial charge is 0.308 e. The molecule has 1 atom stereocenters. The average Bonchev–Trinajstić information content (AvgIpc) is 3.55. The zero-order valence-electron chi connectivity index (χ0n) is 18.2. The molecular formula is C24H24ClN5O2S.